The molecular formula is C18H16F3IN4O4. The molecule has 160 valence electrons. The molecule has 0 aliphatic heterocycles. The van der Waals surface area contributed by atoms with Gasteiger partial charge in [-0.1, -0.05) is 6.07 Å². The molecule has 0 aliphatic rings. The Morgan fingerprint density at radius 3 is 2.63 bits per heavy atom. The number of urea groups is 1. The summed E-state index contributed by atoms with van der Waals surface area (Å²) in [4.78, 5) is 22.7. The molecule has 8 nitrogen and oxygen atoms in total. The minimum atomic E-state index is -4.52. The molecule has 0 unspecified atom stereocenters. The van der Waals surface area contributed by atoms with Crippen LogP contribution >= 0.6 is 22.6 Å². The highest BCUT2D eigenvalue weighted by molar-refractivity contribution is 14.1. The summed E-state index contributed by atoms with van der Waals surface area (Å²) in [7, 11) is 1.39. The van der Waals surface area contributed by atoms with E-state index >= 15 is 0 Å². The Morgan fingerprint density at radius 2 is 2.00 bits per heavy atom. The number of amides is 3. The Bertz CT molecular complexity index is 967. The minimum Gasteiger partial charge on any atom is -0.493 e. The van der Waals surface area contributed by atoms with Crippen LogP contribution < -0.4 is 25.9 Å². The van der Waals surface area contributed by atoms with E-state index in [-0.39, 0.29) is 17.2 Å². The zero-order valence-corrected chi connectivity index (χ0v) is 17.6. The molecule has 0 bridgehead atoms. The number of benzene rings is 2. The van der Waals surface area contributed by atoms with Crippen molar-refractivity contribution < 1.29 is 32.2 Å². The van der Waals surface area contributed by atoms with Gasteiger partial charge < -0.3 is 20.5 Å². The van der Waals surface area contributed by atoms with Gasteiger partial charge in [0.25, 0.3) is 5.91 Å². The van der Waals surface area contributed by atoms with Gasteiger partial charge in [-0.3, -0.25) is 4.79 Å². The molecule has 0 saturated heterocycles. The first kappa shape index (κ1) is 23.3. The van der Waals surface area contributed by atoms with Crippen molar-refractivity contribution in [1.29, 1.82) is 0 Å². The van der Waals surface area contributed by atoms with Gasteiger partial charge in [-0.25, -0.2) is 10.2 Å². The summed E-state index contributed by atoms with van der Waals surface area (Å²) in [5, 5.41) is 5.99. The van der Waals surface area contributed by atoms with Crippen molar-refractivity contribution >= 4 is 46.4 Å². The van der Waals surface area contributed by atoms with Crippen LogP contribution in [-0.2, 0) is 11.0 Å². The number of methoxy groups -OCH3 is 1. The van der Waals surface area contributed by atoms with E-state index in [1.165, 1.54) is 25.5 Å². The Kier molecular flexibility index (Phi) is 7.86. The van der Waals surface area contributed by atoms with Gasteiger partial charge in [0.2, 0.25) is 0 Å². The normalized spacial score (nSPS) is 11.2. The van der Waals surface area contributed by atoms with Crippen LogP contribution in [0.25, 0.3) is 0 Å². The lowest BCUT2D eigenvalue weighted by molar-refractivity contribution is -0.137. The minimum absolute atomic E-state index is 0.00593. The van der Waals surface area contributed by atoms with E-state index in [4.69, 9.17) is 15.2 Å². The lowest BCUT2D eigenvalue weighted by atomic mass is 10.2. The topological polar surface area (TPSA) is 115 Å². The first-order valence-corrected chi connectivity index (χ1v) is 9.24. The second-order valence-corrected chi connectivity index (χ2v) is 6.85. The zero-order chi connectivity index (χ0) is 22.3. The predicted octanol–water partition coefficient (Wildman–Crippen LogP) is 3.34. The average Bonchev–Trinajstić information content (AvgIpc) is 2.66. The third kappa shape index (κ3) is 6.79. The standard InChI is InChI=1S/C18H16F3IN4O4/c1-29-14-6-10(8-24-26-17(23)28)5-13(22)16(14)30-9-15(27)25-12-4-2-3-11(7-12)18(19,20)21/h2-8H,9H2,1H3,(H,25,27)(H3,23,26,28)/b24-8-. The molecule has 0 atom stereocenters. The summed E-state index contributed by atoms with van der Waals surface area (Å²) in [6, 6.07) is 6.65. The van der Waals surface area contributed by atoms with Crippen LogP contribution in [0.4, 0.5) is 23.7 Å². The van der Waals surface area contributed by atoms with Crippen LogP contribution in [0.15, 0.2) is 41.5 Å². The fourth-order valence-corrected chi connectivity index (χ4v) is 3.01. The third-order valence-electron chi connectivity index (χ3n) is 3.46. The Morgan fingerprint density at radius 1 is 1.27 bits per heavy atom. The SMILES string of the molecule is COc1cc(/C=N\NC(N)=O)cc(I)c1OCC(=O)Nc1cccc(C(F)(F)F)c1. The molecule has 3 amide bonds. The summed E-state index contributed by atoms with van der Waals surface area (Å²) >= 11 is 1.95. The van der Waals surface area contributed by atoms with Gasteiger partial charge in [0, 0.05) is 5.69 Å². The van der Waals surface area contributed by atoms with E-state index in [0.717, 1.165) is 12.1 Å². The quantitative estimate of drug-likeness (QED) is 0.286. The first-order chi connectivity index (χ1) is 14.1. The molecule has 0 radical (unpaired) electrons. The van der Waals surface area contributed by atoms with E-state index in [2.05, 4.69) is 15.8 Å². The van der Waals surface area contributed by atoms with E-state index in [9.17, 15) is 22.8 Å². The Labute approximate surface area is 182 Å². The van der Waals surface area contributed by atoms with Gasteiger partial charge in [-0.15, -0.1) is 0 Å². The lowest BCUT2D eigenvalue weighted by Crippen LogP contribution is -2.24. The number of hydrazone groups is 1. The highest BCUT2D eigenvalue weighted by Gasteiger charge is 2.30. The van der Waals surface area contributed by atoms with Crippen LogP contribution in [0.2, 0.25) is 0 Å². The second-order valence-electron chi connectivity index (χ2n) is 5.68. The predicted molar refractivity (Wildman–Crippen MR) is 112 cm³/mol. The number of anilines is 1. The van der Waals surface area contributed by atoms with Crippen molar-refractivity contribution in [3.63, 3.8) is 0 Å². The average molecular weight is 536 g/mol. The van der Waals surface area contributed by atoms with Crippen molar-refractivity contribution in [3.05, 3.63) is 51.1 Å². The van der Waals surface area contributed by atoms with Crippen LogP contribution in [-0.4, -0.2) is 31.9 Å². The zero-order valence-electron chi connectivity index (χ0n) is 15.4. The number of ether oxygens (including phenoxy) is 2. The molecule has 0 saturated carbocycles. The molecule has 12 heteroatoms. The smallest absolute Gasteiger partial charge is 0.416 e. The molecule has 4 N–H and O–H groups in total. The number of primary amides is 1. The summed E-state index contributed by atoms with van der Waals surface area (Å²) < 4.78 is 49.6. The number of halogens is 4. The number of rotatable bonds is 7. The van der Waals surface area contributed by atoms with E-state index in [1.807, 2.05) is 22.6 Å². The molecule has 0 aromatic heterocycles. The maximum absolute atomic E-state index is 12.8. The number of carbonyl (C=O) groups is 2. The number of hydrogen-bond donors (Lipinski definition) is 3. The number of carbonyl (C=O) groups excluding carboxylic acids is 2. The molecule has 2 aromatic carbocycles. The Balaban J connectivity index is 2.07. The lowest BCUT2D eigenvalue weighted by Gasteiger charge is -2.14. The van der Waals surface area contributed by atoms with Crippen molar-refractivity contribution in [1.82, 2.24) is 5.43 Å². The van der Waals surface area contributed by atoms with E-state index in [0.29, 0.717) is 9.13 Å². The number of nitrogens with one attached hydrogen (secondary N) is 2. The number of hydrogen-bond acceptors (Lipinski definition) is 5. The van der Waals surface area contributed by atoms with Gasteiger partial charge in [0.05, 0.1) is 22.5 Å². The third-order valence-corrected chi connectivity index (χ3v) is 4.26. The maximum atomic E-state index is 12.8. The highest BCUT2D eigenvalue weighted by atomic mass is 127. The van der Waals surface area contributed by atoms with Gasteiger partial charge in [-0.2, -0.15) is 18.3 Å². The molecule has 2 aromatic rings. The van der Waals surface area contributed by atoms with Crippen LogP contribution in [0.3, 0.4) is 0 Å². The van der Waals surface area contributed by atoms with Gasteiger partial charge in [0.1, 0.15) is 0 Å². The summed E-state index contributed by atoms with van der Waals surface area (Å²) in [5.74, 6) is -0.102. The van der Waals surface area contributed by atoms with E-state index < -0.39 is 30.3 Å². The monoisotopic (exact) mass is 536 g/mol. The molecule has 0 aliphatic carbocycles. The first-order valence-electron chi connectivity index (χ1n) is 8.16. The van der Waals surface area contributed by atoms with Gasteiger partial charge in [-0.05, 0) is 58.5 Å². The van der Waals surface area contributed by atoms with Gasteiger partial charge in [0.15, 0.2) is 18.1 Å². The van der Waals surface area contributed by atoms with Crippen LogP contribution in [0.5, 0.6) is 11.5 Å². The molecule has 0 fully saturated rings. The summed E-state index contributed by atoms with van der Waals surface area (Å²) in [5.41, 5.74) is 6.65. The molecular weight excluding hydrogens is 520 g/mol. The Hall–Kier alpha value is -3.03. The maximum Gasteiger partial charge on any atom is 0.416 e. The fourth-order valence-electron chi connectivity index (χ4n) is 2.23. The number of nitrogens with two attached hydrogens (primary N) is 1. The molecule has 30 heavy (non-hydrogen) atoms. The summed E-state index contributed by atoms with van der Waals surface area (Å²) in [6.07, 6.45) is -3.18. The van der Waals surface area contributed by atoms with Crippen molar-refractivity contribution in [2.24, 2.45) is 10.8 Å². The van der Waals surface area contributed by atoms with Crippen LogP contribution in [0.1, 0.15) is 11.1 Å². The molecule has 2 rings (SSSR count). The van der Waals surface area contributed by atoms with E-state index in [1.54, 1.807) is 12.1 Å². The van der Waals surface area contributed by atoms with Crippen molar-refractivity contribution in [2.45, 2.75) is 6.18 Å². The van der Waals surface area contributed by atoms with Crippen LogP contribution in [0, 0.1) is 3.57 Å². The summed E-state index contributed by atoms with van der Waals surface area (Å²) in [6.45, 7) is -0.459. The molecule has 0 heterocycles. The van der Waals surface area contributed by atoms with Gasteiger partial charge >= 0.3 is 12.2 Å². The highest BCUT2D eigenvalue weighted by Crippen LogP contribution is 2.34. The number of alkyl halides is 3. The van der Waals surface area contributed by atoms with Crippen molar-refractivity contribution in [2.75, 3.05) is 19.0 Å². The largest absolute Gasteiger partial charge is 0.493 e. The number of nitrogens with zero attached hydrogens (tertiary/aromatic N) is 1. The second kappa shape index (κ2) is 10.1. The fraction of sp³-hybridized carbons (Fsp3) is 0.167. The van der Waals surface area contributed by atoms with Crippen molar-refractivity contribution in [3.8, 4) is 11.5 Å². The molecule has 0 spiro atoms.